The van der Waals surface area contributed by atoms with Crippen LogP contribution in [0, 0.1) is 0 Å². The Balaban J connectivity index is 2.68. The van der Waals surface area contributed by atoms with Crippen molar-refractivity contribution in [2.24, 2.45) is 0 Å². The largest absolute Gasteiger partial charge is 0.372 e. The molecule has 0 aliphatic carbocycles. The Kier molecular flexibility index (Phi) is 3.73. The zero-order valence-electron chi connectivity index (χ0n) is 7.73. The fraction of sp³-hybridized carbons (Fsp3) is 1.00. The van der Waals surface area contributed by atoms with Gasteiger partial charge in [-0.1, -0.05) is 15.9 Å². The summed E-state index contributed by atoms with van der Waals surface area (Å²) < 4.78 is 29.5. The molecule has 0 aromatic heterocycles. The number of morpholine rings is 1. The molecule has 1 fully saturated rings. The van der Waals surface area contributed by atoms with E-state index in [0.717, 1.165) is 0 Å². The second-order valence-corrected chi connectivity index (χ2v) is 5.93. The quantitative estimate of drug-likeness (QED) is 0.685. The van der Waals surface area contributed by atoms with Gasteiger partial charge in [0.25, 0.3) is 0 Å². The van der Waals surface area contributed by atoms with Gasteiger partial charge in [-0.15, -0.1) is 0 Å². The standard InChI is InChI=1S/C7H14BrNO3S/c1-6-4-9(13(2,10)11)5-7(3-8)12-6/h6-7H,3-5H2,1-2H3. The zero-order chi connectivity index (χ0) is 10.1. The van der Waals surface area contributed by atoms with Crippen LogP contribution in [0.5, 0.6) is 0 Å². The van der Waals surface area contributed by atoms with Gasteiger partial charge in [0.15, 0.2) is 0 Å². The maximum Gasteiger partial charge on any atom is 0.211 e. The van der Waals surface area contributed by atoms with Gasteiger partial charge in [0, 0.05) is 18.4 Å². The molecule has 1 aliphatic rings. The van der Waals surface area contributed by atoms with Gasteiger partial charge in [-0.2, -0.15) is 4.31 Å². The molecule has 0 amide bonds. The van der Waals surface area contributed by atoms with Crippen molar-refractivity contribution in [1.29, 1.82) is 0 Å². The van der Waals surface area contributed by atoms with Crippen molar-refractivity contribution >= 4 is 26.0 Å². The van der Waals surface area contributed by atoms with E-state index in [4.69, 9.17) is 4.74 Å². The average molecular weight is 272 g/mol. The summed E-state index contributed by atoms with van der Waals surface area (Å²) >= 11 is 3.29. The minimum Gasteiger partial charge on any atom is -0.372 e. The second-order valence-electron chi connectivity index (χ2n) is 3.30. The van der Waals surface area contributed by atoms with E-state index < -0.39 is 10.0 Å². The monoisotopic (exact) mass is 271 g/mol. The van der Waals surface area contributed by atoms with Crippen LogP contribution in [0.1, 0.15) is 6.92 Å². The van der Waals surface area contributed by atoms with E-state index in [1.807, 2.05) is 6.92 Å². The minimum absolute atomic E-state index is 0.0222. The number of rotatable bonds is 2. The molecule has 1 heterocycles. The minimum atomic E-state index is -3.07. The fourth-order valence-electron chi connectivity index (χ4n) is 1.36. The third-order valence-electron chi connectivity index (χ3n) is 1.93. The van der Waals surface area contributed by atoms with Crippen molar-refractivity contribution in [3.63, 3.8) is 0 Å². The zero-order valence-corrected chi connectivity index (χ0v) is 10.1. The molecule has 6 heteroatoms. The van der Waals surface area contributed by atoms with Gasteiger partial charge in [-0.3, -0.25) is 0 Å². The van der Waals surface area contributed by atoms with E-state index in [1.54, 1.807) is 0 Å². The van der Waals surface area contributed by atoms with Crippen LogP contribution in [0.25, 0.3) is 0 Å². The second kappa shape index (κ2) is 4.25. The van der Waals surface area contributed by atoms with E-state index >= 15 is 0 Å². The van der Waals surface area contributed by atoms with Crippen molar-refractivity contribution < 1.29 is 13.2 Å². The van der Waals surface area contributed by atoms with Crippen molar-refractivity contribution in [3.05, 3.63) is 0 Å². The van der Waals surface area contributed by atoms with Crippen LogP contribution in [0.4, 0.5) is 0 Å². The number of halogens is 1. The van der Waals surface area contributed by atoms with Crippen LogP contribution < -0.4 is 0 Å². The maximum atomic E-state index is 11.2. The lowest BCUT2D eigenvalue weighted by Crippen LogP contribution is -2.49. The fourth-order valence-corrected chi connectivity index (χ4v) is 2.63. The number of sulfonamides is 1. The lowest BCUT2D eigenvalue weighted by Gasteiger charge is -2.34. The Morgan fingerprint density at radius 3 is 2.62 bits per heavy atom. The van der Waals surface area contributed by atoms with E-state index in [-0.39, 0.29) is 12.2 Å². The number of nitrogens with zero attached hydrogens (tertiary/aromatic N) is 1. The highest BCUT2D eigenvalue weighted by atomic mass is 79.9. The van der Waals surface area contributed by atoms with Gasteiger partial charge in [0.1, 0.15) is 0 Å². The lowest BCUT2D eigenvalue weighted by molar-refractivity contribution is -0.0409. The highest BCUT2D eigenvalue weighted by molar-refractivity contribution is 9.09. The van der Waals surface area contributed by atoms with Crippen molar-refractivity contribution in [3.8, 4) is 0 Å². The first-order valence-corrected chi connectivity index (χ1v) is 7.07. The average Bonchev–Trinajstić information content (AvgIpc) is 2.01. The first kappa shape index (κ1) is 11.4. The molecule has 0 spiro atoms. The van der Waals surface area contributed by atoms with Crippen LogP contribution in [-0.2, 0) is 14.8 Å². The van der Waals surface area contributed by atoms with Crippen molar-refractivity contribution in [2.45, 2.75) is 19.1 Å². The number of ether oxygens (including phenoxy) is 1. The Morgan fingerprint density at radius 1 is 1.54 bits per heavy atom. The van der Waals surface area contributed by atoms with E-state index in [9.17, 15) is 8.42 Å². The first-order chi connectivity index (χ1) is 5.93. The highest BCUT2D eigenvalue weighted by Gasteiger charge is 2.29. The number of alkyl halides is 1. The summed E-state index contributed by atoms with van der Waals surface area (Å²) in [5, 5.41) is 0.670. The van der Waals surface area contributed by atoms with Crippen molar-refractivity contribution in [2.75, 3.05) is 24.7 Å². The third kappa shape index (κ3) is 3.19. The maximum absolute atomic E-state index is 11.2. The Labute approximate surface area is 87.4 Å². The normalized spacial score (nSPS) is 31.9. The molecule has 1 aliphatic heterocycles. The molecule has 78 valence electrons. The summed E-state index contributed by atoms with van der Waals surface area (Å²) in [6.45, 7) is 2.80. The molecule has 0 bridgehead atoms. The van der Waals surface area contributed by atoms with Crippen LogP contribution >= 0.6 is 15.9 Å². The first-order valence-electron chi connectivity index (χ1n) is 4.10. The van der Waals surface area contributed by atoms with Crippen LogP contribution in [0.2, 0.25) is 0 Å². The summed E-state index contributed by atoms with van der Waals surface area (Å²) in [5.74, 6) is 0. The molecule has 1 rings (SSSR count). The predicted molar refractivity (Wildman–Crippen MR) is 54.5 cm³/mol. The van der Waals surface area contributed by atoms with Gasteiger partial charge in [0.2, 0.25) is 10.0 Å². The molecule has 0 saturated carbocycles. The van der Waals surface area contributed by atoms with Gasteiger partial charge >= 0.3 is 0 Å². The Bertz CT molecular complexity index is 267. The van der Waals surface area contributed by atoms with Crippen LogP contribution in [0.15, 0.2) is 0 Å². The predicted octanol–water partition coefficient (Wildman–Crippen LogP) is 0.430. The molecule has 1 saturated heterocycles. The lowest BCUT2D eigenvalue weighted by atomic mass is 10.3. The molecular weight excluding hydrogens is 258 g/mol. The molecule has 0 aromatic rings. The SMILES string of the molecule is CC1CN(S(C)(=O)=O)CC(CBr)O1. The van der Waals surface area contributed by atoms with Crippen LogP contribution in [-0.4, -0.2) is 49.6 Å². The summed E-state index contributed by atoms with van der Waals surface area (Å²) in [6, 6.07) is 0. The van der Waals surface area contributed by atoms with Gasteiger partial charge in [0.05, 0.1) is 18.5 Å². The smallest absolute Gasteiger partial charge is 0.211 e. The van der Waals surface area contributed by atoms with E-state index in [2.05, 4.69) is 15.9 Å². The summed E-state index contributed by atoms with van der Waals surface area (Å²) in [4.78, 5) is 0. The summed E-state index contributed by atoms with van der Waals surface area (Å²) in [6.07, 6.45) is 1.18. The van der Waals surface area contributed by atoms with Gasteiger partial charge in [-0.05, 0) is 6.92 Å². The van der Waals surface area contributed by atoms with E-state index in [0.29, 0.717) is 18.4 Å². The number of hydrogen-bond donors (Lipinski definition) is 0. The summed E-state index contributed by atoms with van der Waals surface area (Å²) in [7, 11) is -3.07. The molecular formula is C7H14BrNO3S. The highest BCUT2D eigenvalue weighted by Crippen LogP contribution is 2.15. The molecule has 2 atom stereocenters. The Morgan fingerprint density at radius 2 is 2.15 bits per heavy atom. The van der Waals surface area contributed by atoms with Crippen molar-refractivity contribution in [1.82, 2.24) is 4.31 Å². The third-order valence-corrected chi connectivity index (χ3v) is 3.89. The molecule has 0 N–H and O–H groups in total. The molecule has 0 aromatic carbocycles. The molecule has 0 radical (unpaired) electrons. The molecule has 4 nitrogen and oxygen atoms in total. The summed E-state index contributed by atoms with van der Waals surface area (Å²) in [5.41, 5.74) is 0. The van der Waals surface area contributed by atoms with Crippen LogP contribution in [0.3, 0.4) is 0 Å². The van der Waals surface area contributed by atoms with E-state index in [1.165, 1.54) is 10.6 Å². The molecule has 2 unspecified atom stereocenters. The number of hydrogen-bond acceptors (Lipinski definition) is 3. The molecule has 13 heavy (non-hydrogen) atoms. The van der Waals surface area contributed by atoms with Gasteiger partial charge < -0.3 is 4.74 Å². The van der Waals surface area contributed by atoms with Gasteiger partial charge in [-0.25, -0.2) is 8.42 Å². The topological polar surface area (TPSA) is 46.6 Å². The Hall–Kier alpha value is 0.350.